The third kappa shape index (κ3) is 6.68. The van der Waals surface area contributed by atoms with Gasteiger partial charge in [-0.15, -0.1) is 0 Å². The number of hydrogen-bond donors (Lipinski definition) is 3. The third-order valence-electron chi connectivity index (χ3n) is 7.53. The Morgan fingerprint density at radius 3 is 2.32 bits per heavy atom. The van der Waals surface area contributed by atoms with Crippen LogP contribution in [0.25, 0.3) is 11.3 Å². The first-order valence-electron chi connectivity index (χ1n) is 14.4. The third-order valence-corrected chi connectivity index (χ3v) is 7.53. The van der Waals surface area contributed by atoms with Crippen molar-refractivity contribution in [3.8, 4) is 11.3 Å². The second kappa shape index (κ2) is 12.4. The predicted octanol–water partition coefficient (Wildman–Crippen LogP) is 4.87. The first-order chi connectivity index (χ1) is 20.9. The fourth-order valence-corrected chi connectivity index (χ4v) is 4.89. The van der Waals surface area contributed by atoms with Crippen LogP contribution >= 0.6 is 0 Å². The molecule has 2 amide bonds. The van der Waals surface area contributed by atoms with Gasteiger partial charge in [0, 0.05) is 60.5 Å². The maximum atomic E-state index is 15.7. The topological polar surface area (TPSA) is 129 Å². The zero-order chi connectivity index (χ0) is 31.6. The number of aliphatic hydroxyl groups is 1. The summed E-state index contributed by atoms with van der Waals surface area (Å²) in [6.07, 6.45) is 3.61. The highest BCUT2D eigenvalue weighted by molar-refractivity contribution is 6.04. The van der Waals surface area contributed by atoms with Crippen molar-refractivity contribution < 1.29 is 19.1 Å². The molecule has 4 aromatic rings. The minimum atomic E-state index is -0.703. The van der Waals surface area contributed by atoms with E-state index >= 15 is 4.39 Å². The highest BCUT2D eigenvalue weighted by Crippen LogP contribution is 2.28. The van der Waals surface area contributed by atoms with Crippen molar-refractivity contribution in [1.82, 2.24) is 19.4 Å². The number of nitrogens with zero attached hydrogens (tertiary/aromatic N) is 4. The number of hydrogen-bond acceptors (Lipinski definition) is 7. The number of aliphatic hydroxyl groups excluding tert-OH is 1. The Balaban J connectivity index is 1.34. The van der Waals surface area contributed by atoms with Crippen LogP contribution in [0.15, 0.2) is 71.8 Å². The van der Waals surface area contributed by atoms with Gasteiger partial charge < -0.3 is 25.2 Å². The normalized spacial score (nSPS) is 13.9. The minimum Gasteiger partial charge on any atom is -0.393 e. The highest BCUT2D eigenvalue weighted by Gasteiger charge is 2.23. The number of likely N-dealkylation sites (tertiary alicyclic amines) is 1. The van der Waals surface area contributed by atoms with Gasteiger partial charge in [-0.05, 0) is 61.4 Å². The number of aryl methyl sites for hydroxylation is 1. The van der Waals surface area contributed by atoms with Crippen molar-refractivity contribution in [3.05, 3.63) is 100.0 Å². The lowest BCUT2D eigenvalue weighted by molar-refractivity contribution is 0.0546. The molecular formula is C33H35FN6O4. The Morgan fingerprint density at radius 2 is 1.68 bits per heavy atom. The van der Waals surface area contributed by atoms with Gasteiger partial charge in [-0.25, -0.2) is 9.37 Å². The minimum absolute atomic E-state index is 0.0343. The first-order valence-corrected chi connectivity index (χ1v) is 14.4. The average molecular weight is 599 g/mol. The van der Waals surface area contributed by atoms with Gasteiger partial charge >= 0.3 is 0 Å². The lowest BCUT2D eigenvalue weighted by Gasteiger charge is -2.29. The Bertz CT molecular complexity index is 1740. The number of benzene rings is 2. The van der Waals surface area contributed by atoms with E-state index in [2.05, 4.69) is 20.6 Å². The van der Waals surface area contributed by atoms with E-state index < -0.39 is 17.3 Å². The standard InChI is InChI=1S/C33H35FN6O4/c1-33(2,3)27-13-10-21(18-35-27)30(42)38-25-7-5-6-24(28(25)34)26-19-39(4)32(44)29(37-26)36-22-11-8-20(9-12-22)31(43)40-16-14-23(41)15-17-40/h5-13,18-19,23,41H,14-17H2,1-4H3,(H,36,37)(H,38,42). The van der Waals surface area contributed by atoms with Crippen LogP contribution in [-0.2, 0) is 12.5 Å². The van der Waals surface area contributed by atoms with Crippen molar-refractivity contribution in [2.45, 2.75) is 45.1 Å². The Hall–Kier alpha value is -4.90. The number of rotatable bonds is 6. The molecule has 228 valence electrons. The average Bonchev–Trinajstić information content (AvgIpc) is 3.00. The smallest absolute Gasteiger partial charge is 0.293 e. The first kappa shape index (κ1) is 30.6. The number of aromatic nitrogens is 3. The van der Waals surface area contributed by atoms with E-state index in [0.717, 1.165) is 5.69 Å². The van der Waals surface area contributed by atoms with Crippen molar-refractivity contribution in [2.75, 3.05) is 23.7 Å². The van der Waals surface area contributed by atoms with Crippen LogP contribution in [0.2, 0.25) is 0 Å². The molecule has 0 saturated carbocycles. The number of anilines is 3. The summed E-state index contributed by atoms with van der Waals surface area (Å²) in [4.78, 5) is 49.1. The molecule has 0 aliphatic carbocycles. The molecule has 44 heavy (non-hydrogen) atoms. The monoisotopic (exact) mass is 598 g/mol. The zero-order valence-electron chi connectivity index (χ0n) is 25.1. The van der Waals surface area contributed by atoms with Crippen LogP contribution in [-0.4, -0.2) is 55.5 Å². The van der Waals surface area contributed by atoms with Gasteiger partial charge in [-0.2, -0.15) is 0 Å². The molecule has 0 bridgehead atoms. The molecule has 0 radical (unpaired) electrons. The Labute approximate surface area is 254 Å². The molecule has 0 unspecified atom stereocenters. The SMILES string of the molecule is Cn1cc(-c2cccc(NC(=O)c3ccc(C(C)(C)C)nc3)c2F)nc(Nc2ccc(C(=O)N3CCC(O)CC3)cc2)c1=O. The van der Waals surface area contributed by atoms with Gasteiger partial charge in [0.05, 0.1) is 23.0 Å². The van der Waals surface area contributed by atoms with Gasteiger partial charge in [0.2, 0.25) is 0 Å². The van der Waals surface area contributed by atoms with Crippen LogP contribution < -0.4 is 16.2 Å². The summed E-state index contributed by atoms with van der Waals surface area (Å²) in [5.41, 5.74) is 1.75. The maximum Gasteiger partial charge on any atom is 0.293 e. The van der Waals surface area contributed by atoms with Crippen LogP contribution in [0.1, 0.15) is 60.0 Å². The van der Waals surface area contributed by atoms with Crippen molar-refractivity contribution in [2.24, 2.45) is 7.05 Å². The van der Waals surface area contributed by atoms with Crippen LogP contribution in [0, 0.1) is 5.82 Å². The van der Waals surface area contributed by atoms with Crippen LogP contribution in [0.5, 0.6) is 0 Å². The number of amides is 2. The number of halogens is 1. The molecule has 0 atom stereocenters. The van der Waals surface area contributed by atoms with E-state index in [4.69, 9.17) is 0 Å². The van der Waals surface area contributed by atoms with E-state index in [9.17, 15) is 19.5 Å². The molecule has 3 N–H and O–H groups in total. The quantitative estimate of drug-likeness (QED) is 0.289. The molecule has 1 aliphatic heterocycles. The molecule has 1 saturated heterocycles. The van der Waals surface area contributed by atoms with E-state index in [0.29, 0.717) is 37.2 Å². The predicted molar refractivity (Wildman–Crippen MR) is 167 cm³/mol. The van der Waals surface area contributed by atoms with E-state index in [1.165, 1.54) is 36.1 Å². The number of piperidine rings is 1. The summed E-state index contributed by atoms with van der Waals surface area (Å²) in [6.45, 7) is 7.06. The van der Waals surface area contributed by atoms with Crippen molar-refractivity contribution in [3.63, 3.8) is 0 Å². The summed E-state index contributed by atoms with van der Waals surface area (Å²) in [5.74, 6) is -1.37. The van der Waals surface area contributed by atoms with Gasteiger partial charge in [0.25, 0.3) is 17.4 Å². The molecule has 0 spiro atoms. The molecular weight excluding hydrogens is 563 g/mol. The lowest BCUT2D eigenvalue weighted by Crippen LogP contribution is -2.40. The second-order valence-corrected chi connectivity index (χ2v) is 11.9. The molecule has 10 nitrogen and oxygen atoms in total. The molecule has 2 aromatic carbocycles. The molecule has 1 aliphatic rings. The van der Waals surface area contributed by atoms with Gasteiger partial charge in [-0.1, -0.05) is 26.8 Å². The molecule has 11 heteroatoms. The van der Waals surface area contributed by atoms with Crippen molar-refractivity contribution >= 4 is 29.0 Å². The molecule has 2 aromatic heterocycles. The number of pyridine rings is 1. The van der Waals surface area contributed by atoms with E-state index in [1.54, 1.807) is 47.4 Å². The number of carbonyl (C=O) groups is 2. The lowest BCUT2D eigenvalue weighted by atomic mass is 9.91. The Kier molecular flexibility index (Phi) is 8.59. The van der Waals surface area contributed by atoms with E-state index in [1.807, 2.05) is 20.8 Å². The summed E-state index contributed by atoms with van der Waals surface area (Å²) in [7, 11) is 1.54. The maximum absolute atomic E-state index is 15.7. The molecule has 3 heterocycles. The van der Waals surface area contributed by atoms with Gasteiger partial charge in [0.1, 0.15) is 0 Å². The summed E-state index contributed by atoms with van der Waals surface area (Å²) >= 11 is 0. The summed E-state index contributed by atoms with van der Waals surface area (Å²) in [5, 5.41) is 15.3. The number of carbonyl (C=O) groups excluding carboxylic acids is 2. The fraction of sp³-hybridized carbons (Fsp3) is 0.303. The summed E-state index contributed by atoms with van der Waals surface area (Å²) < 4.78 is 17.0. The van der Waals surface area contributed by atoms with Gasteiger partial charge in [-0.3, -0.25) is 19.4 Å². The molecule has 5 rings (SSSR count). The molecule has 1 fully saturated rings. The van der Waals surface area contributed by atoms with Gasteiger partial charge in [0.15, 0.2) is 11.6 Å². The zero-order valence-corrected chi connectivity index (χ0v) is 25.1. The largest absolute Gasteiger partial charge is 0.393 e. The van der Waals surface area contributed by atoms with Crippen LogP contribution in [0.4, 0.5) is 21.6 Å². The summed E-state index contributed by atoms with van der Waals surface area (Å²) in [6, 6.07) is 14.6. The van der Waals surface area contributed by atoms with Crippen molar-refractivity contribution in [1.29, 1.82) is 0 Å². The number of nitrogens with one attached hydrogen (secondary N) is 2. The Morgan fingerprint density at radius 1 is 1.00 bits per heavy atom. The highest BCUT2D eigenvalue weighted by atomic mass is 19.1. The fourth-order valence-electron chi connectivity index (χ4n) is 4.89. The van der Waals surface area contributed by atoms with E-state index in [-0.39, 0.29) is 45.8 Å². The van der Waals surface area contributed by atoms with Crippen LogP contribution in [0.3, 0.4) is 0 Å². The second-order valence-electron chi connectivity index (χ2n) is 11.9.